The van der Waals surface area contributed by atoms with Crippen molar-refractivity contribution in [3.63, 3.8) is 0 Å². The summed E-state index contributed by atoms with van der Waals surface area (Å²) < 4.78 is 37.8. The van der Waals surface area contributed by atoms with E-state index in [1.54, 1.807) is 20.8 Å². The van der Waals surface area contributed by atoms with Gasteiger partial charge >= 0.3 is 11.9 Å². The summed E-state index contributed by atoms with van der Waals surface area (Å²) in [6.45, 7) is 5.05. The van der Waals surface area contributed by atoms with Gasteiger partial charge in [-0.25, -0.2) is 18.0 Å². The van der Waals surface area contributed by atoms with Crippen LogP contribution in [0.3, 0.4) is 0 Å². The molecule has 0 saturated carbocycles. The molecule has 1 aliphatic rings. The molecule has 0 aromatic heterocycles. The van der Waals surface area contributed by atoms with E-state index in [0.29, 0.717) is 13.0 Å². The Balaban J connectivity index is 1.77. The smallest absolute Gasteiger partial charge is 0.344 e. The Morgan fingerprint density at radius 3 is 2.45 bits per heavy atom. The maximum Gasteiger partial charge on any atom is 0.344 e. The number of rotatable bonds is 5. The van der Waals surface area contributed by atoms with Crippen LogP contribution >= 0.6 is 11.6 Å². The number of ether oxygens (including phenoxy) is 2. The summed E-state index contributed by atoms with van der Waals surface area (Å²) in [5.41, 5.74) is 1.21. The summed E-state index contributed by atoms with van der Waals surface area (Å²) in [5, 5.41) is 0.0251. The molecule has 2 aromatic rings. The lowest BCUT2D eigenvalue weighted by Crippen LogP contribution is -2.36. The largest absolute Gasteiger partial charge is 0.457 e. The van der Waals surface area contributed by atoms with Gasteiger partial charge in [0.05, 0.1) is 15.5 Å². The monoisotopic (exact) mass is 465 g/mol. The average Bonchev–Trinajstić information content (AvgIpc) is 2.70. The number of esters is 2. The standard InChI is InChI=1S/C22H24ClNO6S/c1-22(2,3)30-20(25)14-29-21(26)18-12-17(8-9-19(18)23)31(27,28)24-11-10-15-6-4-5-7-16(15)13-24/h4-9,12H,10-11,13-14H2,1-3H3. The summed E-state index contributed by atoms with van der Waals surface area (Å²) >= 11 is 6.09. The molecule has 3 rings (SSSR count). The molecule has 0 saturated heterocycles. The van der Waals surface area contributed by atoms with Crippen molar-refractivity contribution in [1.29, 1.82) is 0 Å². The Kier molecular flexibility index (Phi) is 6.73. The molecule has 0 atom stereocenters. The van der Waals surface area contributed by atoms with Crippen molar-refractivity contribution in [1.82, 2.24) is 4.31 Å². The normalized spacial score (nSPS) is 14.6. The molecule has 0 N–H and O–H groups in total. The molecule has 9 heteroatoms. The molecule has 2 aromatic carbocycles. The highest BCUT2D eigenvalue weighted by Gasteiger charge is 2.29. The number of benzene rings is 2. The number of sulfonamides is 1. The van der Waals surface area contributed by atoms with Crippen molar-refractivity contribution < 1.29 is 27.5 Å². The summed E-state index contributed by atoms with van der Waals surface area (Å²) in [7, 11) is -3.86. The van der Waals surface area contributed by atoms with Gasteiger partial charge in [-0.3, -0.25) is 0 Å². The Hall–Kier alpha value is -2.42. The first-order valence-electron chi connectivity index (χ1n) is 9.73. The van der Waals surface area contributed by atoms with Crippen LogP contribution < -0.4 is 0 Å². The number of halogens is 1. The van der Waals surface area contributed by atoms with Crippen molar-refractivity contribution in [2.45, 2.75) is 44.2 Å². The summed E-state index contributed by atoms with van der Waals surface area (Å²) in [4.78, 5) is 24.1. The molecule has 0 spiro atoms. The quantitative estimate of drug-likeness (QED) is 0.627. The van der Waals surface area contributed by atoms with Crippen LogP contribution in [-0.4, -0.2) is 43.4 Å². The second kappa shape index (κ2) is 8.98. The van der Waals surface area contributed by atoms with Gasteiger partial charge in [-0.15, -0.1) is 0 Å². The number of nitrogens with zero attached hydrogens (tertiary/aromatic N) is 1. The molecular formula is C22H24ClNO6S. The maximum atomic E-state index is 13.2. The van der Waals surface area contributed by atoms with E-state index in [2.05, 4.69) is 0 Å². The zero-order valence-electron chi connectivity index (χ0n) is 17.6. The summed E-state index contributed by atoms with van der Waals surface area (Å²) in [5.74, 6) is -1.62. The minimum Gasteiger partial charge on any atom is -0.457 e. The molecular weight excluding hydrogens is 442 g/mol. The minimum atomic E-state index is -3.86. The first-order chi connectivity index (χ1) is 14.5. The highest BCUT2D eigenvalue weighted by molar-refractivity contribution is 7.89. The summed E-state index contributed by atoms with van der Waals surface area (Å²) in [6.07, 6.45) is 0.605. The van der Waals surface area contributed by atoms with Gasteiger partial charge in [-0.05, 0) is 56.5 Å². The fraction of sp³-hybridized carbons (Fsp3) is 0.364. The third-order valence-electron chi connectivity index (χ3n) is 4.63. The van der Waals surface area contributed by atoms with E-state index in [-0.39, 0.29) is 22.0 Å². The van der Waals surface area contributed by atoms with E-state index < -0.39 is 34.2 Å². The number of hydrogen-bond donors (Lipinski definition) is 0. The molecule has 0 bridgehead atoms. The topological polar surface area (TPSA) is 90.0 Å². The first kappa shape index (κ1) is 23.2. The van der Waals surface area contributed by atoms with Gasteiger partial charge in [0, 0.05) is 13.1 Å². The van der Waals surface area contributed by atoms with Crippen LogP contribution in [0.1, 0.15) is 42.3 Å². The molecule has 1 aliphatic heterocycles. The molecule has 166 valence electrons. The molecule has 0 unspecified atom stereocenters. The van der Waals surface area contributed by atoms with Crippen LogP contribution in [-0.2, 0) is 37.3 Å². The van der Waals surface area contributed by atoms with E-state index >= 15 is 0 Å². The van der Waals surface area contributed by atoms with Gasteiger partial charge in [0.25, 0.3) is 0 Å². The lowest BCUT2D eigenvalue weighted by molar-refractivity contribution is -0.158. The molecule has 0 fully saturated rings. The van der Waals surface area contributed by atoms with Gasteiger partial charge < -0.3 is 9.47 Å². The van der Waals surface area contributed by atoms with Gasteiger partial charge in [0.2, 0.25) is 10.0 Å². The van der Waals surface area contributed by atoms with Gasteiger partial charge in [-0.2, -0.15) is 4.31 Å². The van der Waals surface area contributed by atoms with E-state index in [4.69, 9.17) is 21.1 Å². The number of fused-ring (bicyclic) bond motifs is 1. The van der Waals surface area contributed by atoms with Gasteiger partial charge in [0.15, 0.2) is 6.61 Å². The maximum absolute atomic E-state index is 13.2. The third kappa shape index (κ3) is 5.64. The lowest BCUT2D eigenvalue weighted by atomic mass is 10.0. The Bertz CT molecular complexity index is 1110. The van der Waals surface area contributed by atoms with Gasteiger partial charge in [0.1, 0.15) is 5.60 Å². The van der Waals surface area contributed by atoms with Crippen molar-refractivity contribution in [3.05, 3.63) is 64.2 Å². The number of hydrogen-bond acceptors (Lipinski definition) is 6. The SMILES string of the molecule is CC(C)(C)OC(=O)COC(=O)c1cc(S(=O)(=O)N2CCc3ccccc3C2)ccc1Cl. The fourth-order valence-corrected chi connectivity index (χ4v) is 4.86. The van der Waals surface area contributed by atoms with E-state index in [1.807, 2.05) is 24.3 Å². The zero-order valence-corrected chi connectivity index (χ0v) is 19.1. The molecule has 0 amide bonds. The predicted octanol–water partition coefficient (Wildman–Crippen LogP) is 3.59. The molecule has 7 nitrogen and oxygen atoms in total. The highest BCUT2D eigenvalue weighted by Crippen LogP contribution is 2.27. The van der Waals surface area contributed by atoms with Crippen molar-refractivity contribution in [2.24, 2.45) is 0 Å². The summed E-state index contributed by atoms with van der Waals surface area (Å²) in [6, 6.07) is 11.5. The molecule has 0 aliphatic carbocycles. The van der Waals surface area contributed by atoms with Crippen LogP contribution in [0.15, 0.2) is 47.4 Å². The highest BCUT2D eigenvalue weighted by atomic mass is 35.5. The van der Waals surface area contributed by atoms with Crippen LogP contribution in [0, 0.1) is 0 Å². The second-order valence-electron chi connectivity index (χ2n) is 8.16. The average molecular weight is 466 g/mol. The zero-order chi connectivity index (χ0) is 22.8. The van der Waals surface area contributed by atoms with Crippen molar-refractivity contribution in [2.75, 3.05) is 13.2 Å². The minimum absolute atomic E-state index is 0.0251. The Morgan fingerprint density at radius 1 is 1.10 bits per heavy atom. The van der Waals surface area contributed by atoms with E-state index in [0.717, 1.165) is 11.1 Å². The fourth-order valence-electron chi connectivity index (χ4n) is 3.22. The second-order valence-corrected chi connectivity index (χ2v) is 10.5. The van der Waals surface area contributed by atoms with E-state index in [1.165, 1.54) is 22.5 Å². The van der Waals surface area contributed by atoms with Crippen LogP contribution in [0.4, 0.5) is 0 Å². The number of carbonyl (C=O) groups is 2. The van der Waals surface area contributed by atoms with Gasteiger partial charge in [-0.1, -0.05) is 35.9 Å². The van der Waals surface area contributed by atoms with Crippen molar-refractivity contribution in [3.8, 4) is 0 Å². The van der Waals surface area contributed by atoms with Crippen LogP contribution in [0.5, 0.6) is 0 Å². The lowest BCUT2D eigenvalue weighted by Gasteiger charge is -2.28. The van der Waals surface area contributed by atoms with E-state index in [9.17, 15) is 18.0 Å². The van der Waals surface area contributed by atoms with Crippen LogP contribution in [0.25, 0.3) is 0 Å². The molecule has 1 heterocycles. The third-order valence-corrected chi connectivity index (χ3v) is 6.80. The molecule has 31 heavy (non-hydrogen) atoms. The Labute approximate surface area is 187 Å². The predicted molar refractivity (Wildman–Crippen MR) is 115 cm³/mol. The first-order valence-corrected chi connectivity index (χ1v) is 11.5. The molecule has 0 radical (unpaired) electrons. The van der Waals surface area contributed by atoms with Crippen molar-refractivity contribution >= 4 is 33.6 Å². The van der Waals surface area contributed by atoms with Crippen LogP contribution in [0.2, 0.25) is 5.02 Å². The number of carbonyl (C=O) groups excluding carboxylic acids is 2. The Morgan fingerprint density at radius 2 is 1.77 bits per heavy atom.